The molecule has 8 heteroatoms. The Bertz CT molecular complexity index is 545. The molecule has 0 aliphatic heterocycles. The fourth-order valence-electron chi connectivity index (χ4n) is 1.37. The van der Waals surface area contributed by atoms with E-state index in [2.05, 4.69) is 5.32 Å². The minimum atomic E-state index is -2.28. The van der Waals surface area contributed by atoms with E-state index in [4.69, 9.17) is 5.11 Å². The molecule has 19 heavy (non-hydrogen) atoms. The van der Waals surface area contributed by atoms with Gasteiger partial charge < -0.3 is 10.4 Å². The van der Waals surface area contributed by atoms with Gasteiger partial charge in [-0.05, 0) is 6.42 Å². The number of amides is 1. The van der Waals surface area contributed by atoms with Crippen molar-refractivity contribution in [1.82, 2.24) is 5.32 Å². The van der Waals surface area contributed by atoms with Crippen molar-refractivity contribution >= 4 is 11.9 Å². The third-order valence-corrected chi connectivity index (χ3v) is 2.24. The minimum Gasteiger partial charge on any atom is -0.478 e. The van der Waals surface area contributed by atoms with Crippen LogP contribution >= 0.6 is 0 Å². The van der Waals surface area contributed by atoms with Gasteiger partial charge in [-0.25, -0.2) is 22.4 Å². The highest BCUT2D eigenvalue weighted by atomic mass is 19.2. The van der Waals surface area contributed by atoms with Gasteiger partial charge in [0.1, 0.15) is 5.56 Å². The number of hydrogen-bond donors (Lipinski definition) is 2. The maximum Gasteiger partial charge on any atom is 0.339 e. The second kappa shape index (κ2) is 5.68. The molecule has 0 saturated heterocycles. The van der Waals surface area contributed by atoms with Crippen molar-refractivity contribution in [2.45, 2.75) is 13.3 Å². The molecule has 1 aromatic rings. The van der Waals surface area contributed by atoms with Crippen molar-refractivity contribution < 1.29 is 32.3 Å². The van der Waals surface area contributed by atoms with Gasteiger partial charge in [-0.3, -0.25) is 4.79 Å². The summed E-state index contributed by atoms with van der Waals surface area (Å²) in [6, 6.07) is 0. The van der Waals surface area contributed by atoms with Gasteiger partial charge in [0.2, 0.25) is 0 Å². The third kappa shape index (κ3) is 2.67. The molecule has 0 radical (unpaired) electrons. The zero-order chi connectivity index (χ0) is 14.7. The number of benzene rings is 1. The van der Waals surface area contributed by atoms with Crippen LogP contribution in [0.5, 0.6) is 0 Å². The van der Waals surface area contributed by atoms with Crippen molar-refractivity contribution in [3.8, 4) is 0 Å². The molecule has 0 spiro atoms. The van der Waals surface area contributed by atoms with E-state index >= 15 is 0 Å². The highest BCUT2D eigenvalue weighted by Crippen LogP contribution is 2.24. The van der Waals surface area contributed by atoms with Crippen molar-refractivity contribution in [3.63, 3.8) is 0 Å². The SMILES string of the molecule is CCCNC(=O)c1c(F)c(F)c(F)c(F)c1C(=O)O. The summed E-state index contributed by atoms with van der Waals surface area (Å²) in [7, 11) is 0. The van der Waals surface area contributed by atoms with E-state index in [0.29, 0.717) is 6.42 Å². The quantitative estimate of drug-likeness (QED) is 0.504. The van der Waals surface area contributed by atoms with E-state index in [-0.39, 0.29) is 6.54 Å². The highest BCUT2D eigenvalue weighted by Gasteiger charge is 2.32. The molecular formula is C11H9F4NO3. The predicted molar refractivity (Wildman–Crippen MR) is 55.9 cm³/mol. The lowest BCUT2D eigenvalue weighted by Crippen LogP contribution is -2.29. The second-order valence-electron chi connectivity index (χ2n) is 3.57. The smallest absolute Gasteiger partial charge is 0.339 e. The Morgan fingerprint density at radius 1 is 1.00 bits per heavy atom. The lowest BCUT2D eigenvalue weighted by molar-refractivity contribution is 0.0682. The Hall–Kier alpha value is -2.12. The van der Waals surface area contributed by atoms with Gasteiger partial charge in [-0.2, -0.15) is 0 Å². The molecule has 0 heterocycles. The van der Waals surface area contributed by atoms with Gasteiger partial charge in [0, 0.05) is 6.54 Å². The van der Waals surface area contributed by atoms with Gasteiger partial charge in [-0.1, -0.05) is 6.92 Å². The predicted octanol–water partition coefficient (Wildman–Crippen LogP) is 2.08. The van der Waals surface area contributed by atoms with Crippen LogP contribution in [0.2, 0.25) is 0 Å². The average Bonchev–Trinajstić information content (AvgIpc) is 2.36. The summed E-state index contributed by atoms with van der Waals surface area (Å²) in [5.74, 6) is -12.1. The van der Waals surface area contributed by atoms with E-state index in [1.54, 1.807) is 6.92 Å². The van der Waals surface area contributed by atoms with E-state index in [9.17, 15) is 27.2 Å². The van der Waals surface area contributed by atoms with Gasteiger partial charge in [0.05, 0.1) is 5.56 Å². The van der Waals surface area contributed by atoms with Crippen molar-refractivity contribution in [3.05, 3.63) is 34.4 Å². The van der Waals surface area contributed by atoms with E-state index in [1.807, 2.05) is 0 Å². The number of hydrogen-bond acceptors (Lipinski definition) is 2. The van der Waals surface area contributed by atoms with E-state index in [0.717, 1.165) is 0 Å². The van der Waals surface area contributed by atoms with E-state index < -0.39 is 46.3 Å². The average molecular weight is 279 g/mol. The first-order valence-corrected chi connectivity index (χ1v) is 5.20. The topological polar surface area (TPSA) is 66.4 Å². The molecule has 0 saturated carbocycles. The molecule has 0 fully saturated rings. The van der Waals surface area contributed by atoms with Crippen molar-refractivity contribution in [2.24, 2.45) is 0 Å². The second-order valence-corrected chi connectivity index (χ2v) is 3.57. The minimum absolute atomic E-state index is 0.0396. The van der Waals surface area contributed by atoms with Crippen LogP contribution in [-0.2, 0) is 0 Å². The number of carbonyl (C=O) groups excluding carboxylic acids is 1. The van der Waals surface area contributed by atoms with Crippen LogP contribution in [0.4, 0.5) is 17.6 Å². The molecule has 0 aromatic heterocycles. The summed E-state index contributed by atoms with van der Waals surface area (Å²) >= 11 is 0. The summed E-state index contributed by atoms with van der Waals surface area (Å²) in [6.45, 7) is 1.69. The molecule has 0 atom stereocenters. The fourth-order valence-corrected chi connectivity index (χ4v) is 1.37. The van der Waals surface area contributed by atoms with Gasteiger partial charge in [0.25, 0.3) is 5.91 Å². The summed E-state index contributed by atoms with van der Waals surface area (Å²) in [5, 5.41) is 10.7. The number of carboxylic acid groups (broad SMARTS) is 1. The lowest BCUT2D eigenvalue weighted by Gasteiger charge is -2.10. The molecule has 1 amide bonds. The van der Waals surface area contributed by atoms with Crippen molar-refractivity contribution in [2.75, 3.05) is 6.54 Å². The maximum atomic E-state index is 13.4. The number of rotatable bonds is 4. The number of nitrogens with one attached hydrogen (secondary N) is 1. The first-order chi connectivity index (χ1) is 8.82. The normalized spacial score (nSPS) is 10.4. The largest absolute Gasteiger partial charge is 0.478 e. The van der Waals surface area contributed by atoms with Crippen molar-refractivity contribution in [1.29, 1.82) is 0 Å². The Labute approximate surface area is 105 Å². The molecule has 0 bridgehead atoms. The molecule has 1 rings (SSSR count). The van der Waals surface area contributed by atoms with Gasteiger partial charge >= 0.3 is 5.97 Å². The summed E-state index contributed by atoms with van der Waals surface area (Å²) in [5.41, 5.74) is -2.90. The summed E-state index contributed by atoms with van der Waals surface area (Å²) < 4.78 is 52.7. The number of aromatic carboxylic acids is 1. The highest BCUT2D eigenvalue weighted by molar-refractivity contribution is 6.05. The van der Waals surface area contributed by atoms with Crippen LogP contribution in [0.1, 0.15) is 34.1 Å². The van der Waals surface area contributed by atoms with Crippen LogP contribution in [-0.4, -0.2) is 23.5 Å². The molecule has 104 valence electrons. The molecule has 4 nitrogen and oxygen atoms in total. The van der Waals surface area contributed by atoms with Crippen LogP contribution in [0.3, 0.4) is 0 Å². The Balaban J connectivity index is 3.52. The van der Waals surface area contributed by atoms with Crippen LogP contribution < -0.4 is 5.32 Å². The molecule has 2 N–H and O–H groups in total. The van der Waals surface area contributed by atoms with Crippen LogP contribution in [0.25, 0.3) is 0 Å². The standard InChI is InChI=1S/C11H9F4NO3/c1-2-3-16-10(17)4-5(11(18)19)7(13)9(15)8(14)6(4)12/h2-3H2,1H3,(H,16,17)(H,18,19). The third-order valence-electron chi connectivity index (χ3n) is 2.24. The van der Waals surface area contributed by atoms with Crippen LogP contribution in [0, 0.1) is 23.3 Å². The van der Waals surface area contributed by atoms with E-state index in [1.165, 1.54) is 0 Å². The number of carbonyl (C=O) groups is 2. The first kappa shape index (κ1) is 14.9. The lowest BCUT2D eigenvalue weighted by atomic mass is 10.0. The molecule has 0 unspecified atom stereocenters. The van der Waals surface area contributed by atoms with Gasteiger partial charge in [-0.15, -0.1) is 0 Å². The molecular weight excluding hydrogens is 270 g/mol. The zero-order valence-electron chi connectivity index (χ0n) is 9.69. The molecule has 1 aromatic carbocycles. The summed E-state index contributed by atoms with van der Waals surface area (Å²) in [4.78, 5) is 22.3. The molecule has 0 aliphatic carbocycles. The Morgan fingerprint density at radius 2 is 1.47 bits per heavy atom. The monoisotopic (exact) mass is 279 g/mol. The first-order valence-electron chi connectivity index (χ1n) is 5.20. The Morgan fingerprint density at radius 3 is 1.89 bits per heavy atom. The summed E-state index contributed by atoms with van der Waals surface area (Å²) in [6.07, 6.45) is 0.432. The molecule has 0 aliphatic rings. The fraction of sp³-hybridized carbons (Fsp3) is 0.273. The van der Waals surface area contributed by atoms with Gasteiger partial charge in [0.15, 0.2) is 23.3 Å². The maximum absolute atomic E-state index is 13.4. The zero-order valence-corrected chi connectivity index (χ0v) is 9.69. The van der Waals surface area contributed by atoms with Crippen LogP contribution in [0.15, 0.2) is 0 Å². The number of carboxylic acids is 1. The Kier molecular flexibility index (Phi) is 4.47. The number of halogens is 4.